The minimum atomic E-state index is -0.0491. The van der Waals surface area contributed by atoms with Crippen LogP contribution in [0.25, 0.3) is 11.1 Å². The molecule has 0 radical (unpaired) electrons. The van der Waals surface area contributed by atoms with Crippen LogP contribution in [-0.4, -0.2) is 15.5 Å². The van der Waals surface area contributed by atoms with E-state index < -0.39 is 0 Å². The van der Waals surface area contributed by atoms with Gasteiger partial charge in [0.15, 0.2) is 0 Å². The van der Waals surface area contributed by atoms with Crippen molar-refractivity contribution < 1.29 is 4.79 Å². The Morgan fingerprint density at radius 1 is 1.05 bits per heavy atom. The number of hydrogen-bond acceptors (Lipinski definition) is 4. The van der Waals surface area contributed by atoms with Crippen molar-refractivity contribution in [2.24, 2.45) is 0 Å². The molecule has 21 heavy (non-hydrogen) atoms. The van der Waals surface area contributed by atoms with Crippen molar-refractivity contribution in [3.63, 3.8) is 0 Å². The molecular formula is C16H11N3OS. The van der Waals surface area contributed by atoms with Crippen LogP contribution in [0.5, 0.6) is 0 Å². The Morgan fingerprint density at radius 2 is 1.81 bits per heavy atom. The maximum atomic E-state index is 12.7. The monoisotopic (exact) mass is 293 g/mol. The highest BCUT2D eigenvalue weighted by Crippen LogP contribution is 2.39. The van der Waals surface area contributed by atoms with Gasteiger partial charge in [0.2, 0.25) is 0 Å². The lowest BCUT2D eigenvalue weighted by atomic mass is 9.93. The third kappa shape index (κ3) is 1.94. The number of para-hydroxylation sites is 1. The van der Waals surface area contributed by atoms with Crippen molar-refractivity contribution in [2.75, 3.05) is 4.90 Å². The van der Waals surface area contributed by atoms with Gasteiger partial charge in [0.1, 0.15) is 4.88 Å². The predicted octanol–water partition coefficient (Wildman–Crippen LogP) is 3.37. The summed E-state index contributed by atoms with van der Waals surface area (Å²) in [7, 11) is 0. The number of carbonyl (C=O) groups excluding carboxylic acids is 1. The fraction of sp³-hybridized carbons (Fsp3) is 0.0625. The largest absolute Gasteiger partial charge is 0.302 e. The summed E-state index contributed by atoms with van der Waals surface area (Å²) in [5, 5.41) is 3.76. The van der Waals surface area contributed by atoms with Crippen molar-refractivity contribution in [2.45, 2.75) is 6.54 Å². The van der Waals surface area contributed by atoms with E-state index in [1.807, 2.05) is 30.3 Å². The third-order valence-corrected chi connectivity index (χ3v) is 4.30. The Labute approximate surface area is 125 Å². The van der Waals surface area contributed by atoms with Crippen LogP contribution < -0.4 is 4.90 Å². The molecule has 102 valence electrons. The van der Waals surface area contributed by atoms with Crippen molar-refractivity contribution in [3.8, 4) is 11.1 Å². The van der Waals surface area contributed by atoms with Crippen molar-refractivity contribution >= 4 is 23.1 Å². The molecule has 3 aromatic rings. The number of rotatable bonds is 1. The first-order valence-electron chi connectivity index (χ1n) is 6.61. The Kier molecular flexibility index (Phi) is 2.79. The minimum Gasteiger partial charge on any atom is -0.302 e. The fourth-order valence-electron chi connectivity index (χ4n) is 2.69. The van der Waals surface area contributed by atoms with Gasteiger partial charge in [0.05, 0.1) is 18.4 Å². The summed E-state index contributed by atoms with van der Waals surface area (Å²) in [6.07, 6.45) is 1.52. The summed E-state index contributed by atoms with van der Waals surface area (Å²) in [5.74, 6) is -0.0491. The van der Waals surface area contributed by atoms with Gasteiger partial charge in [-0.15, -0.1) is 5.10 Å². The first kappa shape index (κ1) is 12.2. The smallest absolute Gasteiger partial charge is 0.271 e. The highest BCUT2D eigenvalue weighted by Gasteiger charge is 2.27. The molecule has 1 aliphatic heterocycles. The molecule has 2 aromatic carbocycles. The van der Waals surface area contributed by atoms with E-state index in [0.717, 1.165) is 28.3 Å². The van der Waals surface area contributed by atoms with Gasteiger partial charge in [-0.2, -0.15) is 0 Å². The average Bonchev–Trinajstić information content (AvgIpc) is 3.08. The fourth-order valence-corrected chi connectivity index (χ4v) is 3.15. The maximum absolute atomic E-state index is 12.7. The molecule has 0 saturated heterocycles. The second-order valence-corrected chi connectivity index (χ2v) is 5.63. The molecule has 2 heterocycles. The molecule has 0 fully saturated rings. The minimum absolute atomic E-state index is 0.0491. The van der Waals surface area contributed by atoms with Crippen LogP contribution in [0.4, 0.5) is 5.69 Å². The molecule has 0 atom stereocenters. The van der Waals surface area contributed by atoms with E-state index in [0.29, 0.717) is 11.4 Å². The lowest BCUT2D eigenvalue weighted by molar-refractivity contribution is 0.0988. The quantitative estimate of drug-likeness (QED) is 0.691. The number of hydrogen-bond donors (Lipinski definition) is 0. The normalized spacial score (nSPS) is 12.7. The first-order valence-corrected chi connectivity index (χ1v) is 7.38. The van der Waals surface area contributed by atoms with Crippen molar-refractivity contribution in [3.05, 3.63) is 65.2 Å². The molecule has 0 spiro atoms. The van der Waals surface area contributed by atoms with Gasteiger partial charge in [-0.05, 0) is 28.7 Å². The summed E-state index contributed by atoms with van der Waals surface area (Å²) in [6.45, 7) is 0.573. The van der Waals surface area contributed by atoms with E-state index in [-0.39, 0.29) is 5.91 Å². The maximum Gasteiger partial charge on any atom is 0.271 e. The van der Waals surface area contributed by atoms with Crippen LogP contribution in [0.15, 0.2) is 54.7 Å². The zero-order valence-corrected chi connectivity index (χ0v) is 11.9. The number of amides is 1. The van der Waals surface area contributed by atoms with Gasteiger partial charge < -0.3 is 4.90 Å². The van der Waals surface area contributed by atoms with Gasteiger partial charge in [-0.1, -0.05) is 47.0 Å². The van der Waals surface area contributed by atoms with Gasteiger partial charge in [-0.3, -0.25) is 4.79 Å². The number of carbonyl (C=O) groups is 1. The number of aromatic nitrogens is 2. The van der Waals surface area contributed by atoms with Crippen LogP contribution in [0, 0.1) is 0 Å². The van der Waals surface area contributed by atoms with Crippen molar-refractivity contribution in [1.29, 1.82) is 0 Å². The molecular weight excluding hydrogens is 282 g/mol. The molecule has 0 unspecified atom stereocenters. The van der Waals surface area contributed by atoms with E-state index in [4.69, 9.17) is 0 Å². The topological polar surface area (TPSA) is 46.1 Å². The molecule has 1 aliphatic rings. The molecule has 1 amide bonds. The highest BCUT2D eigenvalue weighted by atomic mass is 32.1. The summed E-state index contributed by atoms with van der Waals surface area (Å²) in [6, 6.07) is 16.2. The number of benzene rings is 2. The Balaban J connectivity index is 1.87. The average molecular weight is 293 g/mol. The molecule has 4 nitrogen and oxygen atoms in total. The van der Waals surface area contributed by atoms with E-state index in [2.05, 4.69) is 27.8 Å². The van der Waals surface area contributed by atoms with E-state index >= 15 is 0 Å². The standard InChI is InChI=1S/C16H11N3OS/c20-16(15-9-17-18-21-15)19-10-11-5-1-2-6-12(11)13-7-3-4-8-14(13)19/h1-9H,10H2. The summed E-state index contributed by atoms with van der Waals surface area (Å²) >= 11 is 1.13. The summed E-state index contributed by atoms with van der Waals surface area (Å²) < 4.78 is 3.78. The summed E-state index contributed by atoms with van der Waals surface area (Å²) in [5.41, 5.74) is 4.38. The second kappa shape index (κ2) is 4.79. The van der Waals surface area contributed by atoms with E-state index in [1.165, 1.54) is 11.8 Å². The molecule has 0 aliphatic carbocycles. The zero-order chi connectivity index (χ0) is 14.2. The van der Waals surface area contributed by atoms with E-state index in [1.54, 1.807) is 4.90 Å². The lowest BCUT2D eigenvalue weighted by Crippen LogP contribution is -2.32. The van der Waals surface area contributed by atoms with E-state index in [9.17, 15) is 4.79 Å². The van der Waals surface area contributed by atoms with Gasteiger partial charge in [-0.25, -0.2) is 0 Å². The molecule has 0 bridgehead atoms. The Hall–Kier alpha value is -2.53. The molecule has 0 saturated carbocycles. The zero-order valence-electron chi connectivity index (χ0n) is 11.1. The highest BCUT2D eigenvalue weighted by molar-refractivity contribution is 7.07. The molecule has 4 rings (SSSR count). The second-order valence-electron chi connectivity index (χ2n) is 4.85. The van der Waals surface area contributed by atoms with Gasteiger partial charge in [0.25, 0.3) is 5.91 Å². The van der Waals surface area contributed by atoms with Crippen LogP contribution >= 0.6 is 11.5 Å². The summed E-state index contributed by atoms with van der Waals surface area (Å²) in [4.78, 5) is 15.0. The van der Waals surface area contributed by atoms with Crippen LogP contribution in [0.3, 0.4) is 0 Å². The Morgan fingerprint density at radius 3 is 2.62 bits per heavy atom. The lowest BCUT2D eigenvalue weighted by Gasteiger charge is -2.30. The van der Waals surface area contributed by atoms with Gasteiger partial charge >= 0.3 is 0 Å². The first-order chi connectivity index (χ1) is 10.3. The molecule has 1 aromatic heterocycles. The SMILES string of the molecule is O=C(c1cnns1)N1Cc2ccccc2-c2ccccc21. The predicted molar refractivity (Wildman–Crippen MR) is 82.3 cm³/mol. The Bertz CT molecular complexity index is 814. The van der Waals surface area contributed by atoms with Crippen LogP contribution in [0.2, 0.25) is 0 Å². The third-order valence-electron chi connectivity index (χ3n) is 3.65. The molecule has 5 heteroatoms. The molecule has 0 N–H and O–H groups in total. The van der Waals surface area contributed by atoms with Gasteiger partial charge in [0, 0.05) is 5.56 Å². The number of nitrogens with zero attached hydrogens (tertiary/aromatic N) is 3. The number of fused-ring (bicyclic) bond motifs is 3. The van der Waals surface area contributed by atoms with Crippen molar-refractivity contribution in [1.82, 2.24) is 9.59 Å². The van der Waals surface area contributed by atoms with Crippen LogP contribution in [-0.2, 0) is 6.54 Å². The van der Waals surface area contributed by atoms with Crippen LogP contribution in [0.1, 0.15) is 15.2 Å². The number of anilines is 1.